The molecule has 3 rings (SSSR count). The normalized spacial score (nSPS) is 24.4. The molecule has 0 aliphatic carbocycles. The first-order chi connectivity index (χ1) is 11.5. The van der Waals surface area contributed by atoms with E-state index < -0.39 is 0 Å². The lowest BCUT2D eigenvalue weighted by molar-refractivity contribution is -0.135. The second-order valence-electron chi connectivity index (χ2n) is 6.64. The van der Waals surface area contributed by atoms with E-state index in [1.807, 2.05) is 9.80 Å². The molecule has 2 atom stereocenters. The molecule has 8 heteroatoms. The monoisotopic (exact) mass is 332 g/mol. The summed E-state index contributed by atoms with van der Waals surface area (Å²) in [5.41, 5.74) is 6.65. The van der Waals surface area contributed by atoms with Crippen molar-refractivity contribution in [3.05, 3.63) is 18.1 Å². The second-order valence-corrected chi connectivity index (χ2v) is 6.64. The molecule has 3 heterocycles. The number of nitrogens with zero attached hydrogens (tertiary/aromatic N) is 5. The van der Waals surface area contributed by atoms with Gasteiger partial charge in [-0.05, 0) is 12.8 Å². The summed E-state index contributed by atoms with van der Waals surface area (Å²) in [7, 11) is 3.38. The van der Waals surface area contributed by atoms with Gasteiger partial charge in [-0.25, -0.2) is 9.97 Å². The van der Waals surface area contributed by atoms with Crippen molar-refractivity contribution in [2.45, 2.75) is 31.3 Å². The largest absolute Gasteiger partial charge is 0.353 e. The number of anilines is 1. The fourth-order valence-corrected chi connectivity index (χ4v) is 3.37. The Morgan fingerprint density at radius 3 is 2.79 bits per heavy atom. The minimum atomic E-state index is -0.162. The fourth-order valence-electron chi connectivity index (χ4n) is 3.37. The van der Waals surface area contributed by atoms with Crippen molar-refractivity contribution in [2.24, 2.45) is 5.73 Å². The zero-order chi connectivity index (χ0) is 17.3. The van der Waals surface area contributed by atoms with Crippen molar-refractivity contribution in [3.63, 3.8) is 0 Å². The third-order valence-corrected chi connectivity index (χ3v) is 4.70. The zero-order valence-corrected chi connectivity index (χ0v) is 14.2. The molecule has 2 amide bonds. The molecule has 0 spiro atoms. The predicted molar refractivity (Wildman–Crippen MR) is 89.6 cm³/mol. The second kappa shape index (κ2) is 6.72. The van der Waals surface area contributed by atoms with Crippen molar-refractivity contribution in [1.29, 1.82) is 0 Å². The first-order valence-corrected chi connectivity index (χ1v) is 8.31. The van der Waals surface area contributed by atoms with Crippen LogP contribution in [-0.2, 0) is 4.79 Å². The Hall–Kier alpha value is -2.22. The van der Waals surface area contributed by atoms with Crippen LogP contribution in [0.3, 0.4) is 0 Å². The molecule has 2 aliphatic rings. The summed E-state index contributed by atoms with van der Waals surface area (Å²) in [6.45, 7) is 2.03. The molecule has 2 N–H and O–H groups in total. The molecule has 0 unspecified atom stereocenters. The number of hydrogen-bond acceptors (Lipinski definition) is 6. The third kappa shape index (κ3) is 3.19. The maximum atomic E-state index is 12.2. The predicted octanol–water partition coefficient (Wildman–Crippen LogP) is -0.293. The van der Waals surface area contributed by atoms with Gasteiger partial charge in [0, 0.05) is 52.3 Å². The molecular formula is C16H24N6O2. The van der Waals surface area contributed by atoms with Gasteiger partial charge >= 0.3 is 0 Å². The number of rotatable bonds is 3. The van der Waals surface area contributed by atoms with Crippen LogP contribution >= 0.6 is 0 Å². The van der Waals surface area contributed by atoms with Crippen molar-refractivity contribution in [3.8, 4) is 0 Å². The van der Waals surface area contributed by atoms with E-state index in [9.17, 15) is 9.59 Å². The van der Waals surface area contributed by atoms with Gasteiger partial charge in [-0.1, -0.05) is 0 Å². The Labute approximate surface area is 141 Å². The van der Waals surface area contributed by atoms with Gasteiger partial charge in [0.25, 0.3) is 5.91 Å². The van der Waals surface area contributed by atoms with E-state index in [-0.39, 0.29) is 23.9 Å². The van der Waals surface area contributed by atoms with Crippen LogP contribution in [0.4, 0.5) is 5.82 Å². The van der Waals surface area contributed by atoms with E-state index in [1.54, 1.807) is 20.2 Å². The van der Waals surface area contributed by atoms with E-state index in [0.717, 1.165) is 19.4 Å². The summed E-state index contributed by atoms with van der Waals surface area (Å²) >= 11 is 0. The van der Waals surface area contributed by atoms with Crippen LogP contribution in [0.15, 0.2) is 12.4 Å². The van der Waals surface area contributed by atoms with E-state index in [1.165, 1.54) is 11.2 Å². The van der Waals surface area contributed by atoms with Crippen LogP contribution in [0.2, 0.25) is 0 Å². The molecule has 24 heavy (non-hydrogen) atoms. The Morgan fingerprint density at radius 1 is 1.29 bits per heavy atom. The summed E-state index contributed by atoms with van der Waals surface area (Å²) in [6, 6.07) is 1.57. The minimum absolute atomic E-state index is 0.000709. The number of aromatic nitrogens is 2. The molecule has 0 saturated carbocycles. The number of carbonyl (C=O) groups is 2. The molecule has 130 valence electrons. The van der Waals surface area contributed by atoms with Crippen LogP contribution in [0.1, 0.15) is 29.8 Å². The molecule has 8 nitrogen and oxygen atoms in total. The van der Waals surface area contributed by atoms with Crippen LogP contribution in [-0.4, -0.2) is 77.4 Å². The fraction of sp³-hybridized carbons (Fsp3) is 0.625. The van der Waals surface area contributed by atoms with Gasteiger partial charge in [-0.2, -0.15) is 0 Å². The van der Waals surface area contributed by atoms with Gasteiger partial charge in [-0.15, -0.1) is 0 Å². The molecular weight excluding hydrogens is 308 g/mol. The van der Waals surface area contributed by atoms with Gasteiger partial charge in [0.1, 0.15) is 17.8 Å². The minimum Gasteiger partial charge on any atom is -0.353 e. The van der Waals surface area contributed by atoms with Crippen LogP contribution in [0.25, 0.3) is 0 Å². The average molecular weight is 332 g/mol. The maximum Gasteiger partial charge on any atom is 0.272 e. The number of likely N-dealkylation sites (tertiary alicyclic amines) is 1. The van der Waals surface area contributed by atoms with E-state index in [0.29, 0.717) is 31.0 Å². The smallest absolute Gasteiger partial charge is 0.272 e. The summed E-state index contributed by atoms with van der Waals surface area (Å²) in [4.78, 5) is 38.0. The lowest BCUT2D eigenvalue weighted by Gasteiger charge is -2.34. The lowest BCUT2D eigenvalue weighted by Crippen LogP contribution is -2.51. The van der Waals surface area contributed by atoms with Gasteiger partial charge in [0.05, 0.1) is 6.04 Å². The summed E-state index contributed by atoms with van der Waals surface area (Å²) in [5.74, 6) is 0.706. The highest BCUT2D eigenvalue weighted by Crippen LogP contribution is 2.24. The van der Waals surface area contributed by atoms with Crippen molar-refractivity contribution < 1.29 is 9.59 Å². The van der Waals surface area contributed by atoms with Gasteiger partial charge in [0.2, 0.25) is 5.91 Å². The number of amides is 2. The Bertz CT molecular complexity index is 635. The topological polar surface area (TPSA) is 95.7 Å². The van der Waals surface area contributed by atoms with E-state index in [2.05, 4.69) is 9.97 Å². The third-order valence-electron chi connectivity index (χ3n) is 4.70. The summed E-state index contributed by atoms with van der Waals surface area (Å²) < 4.78 is 0. The molecule has 2 aliphatic heterocycles. The SMILES string of the molecule is CN(C)C(=O)c1cc(N2C[C@H](N)[C@@H](N3CCCCC3=O)C2)ncn1. The highest BCUT2D eigenvalue weighted by atomic mass is 16.2. The maximum absolute atomic E-state index is 12.2. The molecule has 0 bridgehead atoms. The first-order valence-electron chi connectivity index (χ1n) is 8.31. The van der Waals surface area contributed by atoms with Gasteiger partial charge < -0.3 is 20.4 Å². The molecule has 2 saturated heterocycles. The number of nitrogens with two attached hydrogens (primary N) is 1. The lowest BCUT2D eigenvalue weighted by atomic mass is 10.1. The van der Waals surface area contributed by atoms with Crippen LogP contribution in [0.5, 0.6) is 0 Å². The van der Waals surface area contributed by atoms with E-state index in [4.69, 9.17) is 5.73 Å². The highest BCUT2D eigenvalue weighted by Gasteiger charge is 2.38. The van der Waals surface area contributed by atoms with Crippen LogP contribution in [0, 0.1) is 0 Å². The quantitative estimate of drug-likeness (QED) is 0.817. The van der Waals surface area contributed by atoms with Crippen LogP contribution < -0.4 is 10.6 Å². The molecule has 2 fully saturated rings. The summed E-state index contributed by atoms with van der Waals surface area (Å²) in [5, 5.41) is 0. The number of piperidine rings is 1. The standard InChI is InChI=1S/C16H24N6O2/c1-20(2)16(24)12-7-14(19-10-18-12)21-8-11(17)13(9-21)22-6-4-3-5-15(22)23/h7,10-11,13H,3-6,8-9,17H2,1-2H3/t11-,13-/m0/s1. The first kappa shape index (κ1) is 16.6. The molecule has 0 radical (unpaired) electrons. The Kier molecular flexibility index (Phi) is 4.66. The summed E-state index contributed by atoms with van der Waals surface area (Å²) in [6.07, 6.45) is 4.00. The molecule has 1 aromatic heterocycles. The van der Waals surface area contributed by atoms with Gasteiger partial charge in [-0.3, -0.25) is 9.59 Å². The zero-order valence-electron chi connectivity index (χ0n) is 14.2. The Morgan fingerprint density at radius 2 is 2.08 bits per heavy atom. The average Bonchev–Trinajstić information content (AvgIpc) is 2.96. The highest BCUT2D eigenvalue weighted by molar-refractivity contribution is 5.92. The molecule has 0 aromatic carbocycles. The number of hydrogen-bond donors (Lipinski definition) is 1. The van der Waals surface area contributed by atoms with Crippen molar-refractivity contribution >= 4 is 17.6 Å². The van der Waals surface area contributed by atoms with Crippen molar-refractivity contribution in [2.75, 3.05) is 38.6 Å². The number of carbonyl (C=O) groups excluding carboxylic acids is 2. The van der Waals surface area contributed by atoms with Crippen molar-refractivity contribution in [1.82, 2.24) is 19.8 Å². The van der Waals surface area contributed by atoms with Gasteiger partial charge in [0.15, 0.2) is 0 Å². The Balaban J connectivity index is 1.76. The van der Waals surface area contributed by atoms with E-state index >= 15 is 0 Å². The molecule has 1 aromatic rings.